The van der Waals surface area contributed by atoms with Crippen molar-refractivity contribution in [1.82, 2.24) is 4.72 Å². The first-order chi connectivity index (χ1) is 11.0. The Kier molecular flexibility index (Phi) is 14.5. The van der Waals surface area contributed by atoms with Gasteiger partial charge in [0.2, 0.25) is 10.0 Å². The van der Waals surface area contributed by atoms with Gasteiger partial charge in [0.25, 0.3) is 0 Å². The average Bonchev–Trinajstić information content (AvgIpc) is 2.47. The van der Waals surface area contributed by atoms with Gasteiger partial charge in [0.15, 0.2) is 0 Å². The highest BCUT2D eigenvalue weighted by Crippen LogP contribution is 2.12. The lowest BCUT2D eigenvalue weighted by Crippen LogP contribution is -2.32. The molecule has 0 spiro atoms. The third-order valence-electron chi connectivity index (χ3n) is 3.92. The Balaban J connectivity index is 3.33. The number of hydrogen-bond acceptors (Lipinski definition) is 4. The summed E-state index contributed by atoms with van der Waals surface area (Å²) in [5.74, 6) is -1.16. The third kappa shape index (κ3) is 17.6. The molecule has 0 rings (SSSR count). The summed E-state index contributed by atoms with van der Waals surface area (Å²) in [6, 6.07) is 0. The number of hydrogen-bond donors (Lipinski definition) is 1. The summed E-state index contributed by atoms with van der Waals surface area (Å²) in [5, 5.41) is 10.2. The Morgan fingerprint density at radius 1 is 0.826 bits per heavy atom. The molecule has 0 aliphatic heterocycles. The molecule has 0 heterocycles. The molecule has 0 radical (unpaired) electrons. The van der Waals surface area contributed by atoms with Crippen LogP contribution in [0.2, 0.25) is 0 Å². The number of carboxylic acid groups (broad SMARTS) is 1. The molecule has 0 fully saturated rings. The van der Waals surface area contributed by atoms with Gasteiger partial charge in [-0.15, -0.1) is 0 Å². The van der Waals surface area contributed by atoms with Crippen LogP contribution in [0.25, 0.3) is 0 Å². The summed E-state index contributed by atoms with van der Waals surface area (Å²) in [4.78, 5) is 10.2. The van der Waals surface area contributed by atoms with Crippen molar-refractivity contribution in [2.24, 2.45) is 0 Å². The van der Waals surface area contributed by atoms with E-state index in [2.05, 4.69) is 11.6 Å². The summed E-state index contributed by atoms with van der Waals surface area (Å²) in [6.45, 7) is 2.15. The SMILES string of the molecule is CCCCCCCCCCCCCCS(=O)(=O)NCCC(=O)[O-]. The molecule has 1 N–H and O–H groups in total. The highest BCUT2D eigenvalue weighted by Gasteiger charge is 2.08. The molecule has 138 valence electrons. The van der Waals surface area contributed by atoms with Crippen molar-refractivity contribution < 1.29 is 18.3 Å². The molecule has 0 saturated heterocycles. The predicted molar refractivity (Wildman–Crippen MR) is 92.5 cm³/mol. The lowest BCUT2D eigenvalue weighted by molar-refractivity contribution is -0.305. The molecule has 0 aromatic carbocycles. The topological polar surface area (TPSA) is 86.3 Å². The molecule has 23 heavy (non-hydrogen) atoms. The molecular formula is C17H34NO4S-. The number of aliphatic carboxylic acids is 1. The second-order valence-corrected chi connectivity index (χ2v) is 8.15. The Bertz CT molecular complexity index is 382. The summed E-state index contributed by atoms with van der Waals surface area (Å²) < 4.78 is 25.4. The van der Waals surface area contributed by atoms with E-state index in [1.807, 2.05) is 0 Å². The zero-order valence-electron chi connectivity index (χ0n) is 14.6. The van der Waals surface area contributed by atoms with Crippen molar-refractivity contribution in [3.8, 4) is 0 Å². The number of carbonyl (C=O) groups excluding carboxylic acids is 1. The van der Waals surface area contributed by atoms with Crippen molar-refractivity contribution in [2.75, 3.05) is 12.3 Å². The van der Waals surface area contributed by atoms with E-state index >= 15 is 0 Å². The lowest BCUT2D eigenvalue weighted by Gasteiger charge is -2.07. The van der Waals surface area contributed by atoms with Gasteiger partial charge >= 0.3 is 0 Å². The summed E-state index contributed by atoms with van der Waals surface area (Å²) in [7, 11) is -3.33. The maximum atomic E-state index is 11.6. The van der Waals surface area contributed by atoms with Crippen molar-refractivity contribution in [3.63, 3.8) is 0 Å². The van der Waals surface area contributed by atoms with Gasteiger partial charge in [-0.25, -0.2) is 13.1 Å². The van der Waals surface area contributed by atoms with Crippen molar-refractivity contribution >= 4 is 16.0 Å². The summed E-state index contributed by atoms with van der Waals surface area (Å²) >= 11 is 0. The number of nitrogens with one attached hydrogen (secondary N) is 1. The van der Waals surface area contributed by atoms with Crippen LogP contribution in [0.1, 0.15) is 90.4 Å². The fourth-order valence-electron chi connectivity index (χ4n) is 2.51. The standard InChI is InChI=1S/C17H35NO4S/c1-2-3-4-5-6-7-8-9-10-11-12-13-16-23(21,22)18-15-14-17(19)20/h18H,2-16H2,1H3,(H,19,20)/p-1. The zero-order chi connectivity index (χ0) is 17.4. The first-order valence-electron chi connectivity index (χ1n) is 9.15. The van der Waals surface area contributed by atoms with E-state index in [4.69, 9.17) is 0 Å². The van der Waals surface area contributed by atoms with E-state index in [0.717, 1.165) is 12.8 Å². The third-order valence-corrected chi connectivity index (χ3v) is 5.39. The quantitative estimate of drug-likeness (QED) is 0.410. The van der Waals surface area contributed by atoms with E-state index in [1.165, 1.54) is 57.8 Å². The van der Waals surface area contributed by atoms with Gasteiger partial charge < -0.3 is 9.90 Å². The number of sulfonamides is 1. The van der Waals surface area contributed by atoms with E-state index in [0.29, 0.717) is 6.42 Å². The van der Waals surface area contributed by atoms with Gasteiger partial charge in [0.05, 0.1) is 5.75 Å². The van der Waals surface area contributed by atoms with Crippen LogP contribution in [-0.4, -0.2) is 26.7 Å². The van der Waals surface area contributed by atoms with E-state index < -0.39 is 16.0 Å². The molecule has 0 amide bonds. The first kappa shape index (κ1) is 22.4. The average molecular weight is 349 g/mol. The van der Waals surface area contributed by atoms with Gasteiger partial charge in [0, 0.05) is 18.9 Å². The minimum Gasteiger partial charge on any atom is -0.550 e. The van der Waals surface area contributed by atoms with Crippen LogP contribution in [0.15, 0.2) is 0 Å². The molecule has 0 aromatic rings. The van der Waals surface area contributed by atoms with Crippen LogP contribution in [0.4, 0.5) is 0 Å². The summed E-state index contributed by atoms with van der Waals surface area (Å²) in [5.41, 5.74) is 0. The Morgan fingerprint density at radius 3 is 1.70 bits per heavy atom. The first-order valence-corrected chi connectivity index (χ1v) is 10.8. The Morgan fingerprint density at radius 2 is 1.26 bits per heavy atom. The molecule has 0 aromatic heterocycles. The van der Waals surface area contributed by atoms with Gasteiger partial charge in [-0.1, -0.05) is 77.6 Å². The van der Waals surface area contributed by atoms with Crippen LogP contribution < -0.4 is 9.83 Å². The molecule has 0 atom stereocenters. The smallest absolute Gasteiger partial charge is 0.211 e. The van der Waals surface area contributed by atoms with Crippen LogP contribution in [0.5, 0.6) is 0 Å². The highest BCUT2D eigenvalue weighted by molar-refractivity contribution is 7.89. The fourth-order valence-corrected chi connectivity index (χ4v) is 3.66. The molecule has 0 bridgehead atoms. The minimum absolute atomic E-state index is 0.0804. The fraction of sp³-hybridized carbons (Fsp3) is 0.941. The Labute approximate surface area is 142 Å². The van der Waals surface area contributed by atoms with Crippen molar-refractivity contribution in [2.45, 2.75) is 90.4 Å². The van der Waals surface area contributed by atoms with E-state index in [-0.39, 0.29) is 18.7 Å². The molecule has 0 aliphatic carbocycles. The normalized spacial score (nSPS) is 11.7. The van der Waals surface area contributed by atoms with E-state index in [1.54, 1.807) is 0 Å². The van der Waals surface area contributed by atoms with Crippen LogP contribution in [0, 0.1) is 0 Å². The zero-order valence-corrected chi connectivity index (χ0v) is 15.5. The second kappa shape index (κ2) is 14.9. The second-order valence-electron chi connectivity index (χ2n) is 6.22. The maximum Gasteiger partial charge on any atom is 0.211 e. The van der Waals surface area contributed by atoms with Gasteiger partial charge in [0.1, 0.15) is 0 Å². The molecule has 0 aliphatic rings. The number of carbonyl (C=O) groups is 1. The highest BCUT2D eigenvalue weighted by atomic mass is 32.2. The number of rotatable bonds is 17. The predicted octanol–water partition coefficient (Wildman–Crippen LogP) is 2.75. The molecular weight excluding hydrogens is 314 g/mol. The Hall–Kier alpha value is -0.620. The number of carboxylic acids is 1. The van der Waals surface area contributed by atoms with Crippen LogP contribution in [-0.2, 0) is 14.8 Å². The van der Waals surface area contributed by atoms with E-state index in [9.17, 15) is 18.3 Å². The van der Waals surface area contributed by atoms with Crippen molar-refractivity contribution in [1.29, 1.82) is 0 Å². The lowest BCUT2D eigenvalue weighted by atomic mass is 10.1. The van der Waals surface area contributed by atoms with Crippen LogP contribution in [0.3, 0.4) is 0 Å². The molecule has 0 unspecified atom stereocenters. The summed E-state index contributed by atoms with van der Waals surface area (Å²) in [6.07, 6.45) is 14.1. The van der Waals surface area contributed by atoms with Crippen molar-refractivity contribution in [3.05, 3.63) is 0 Å². The molecule has 0 saturated carbocycles. The van der Waals surface area contributed by atoms with Gasteiger partial charge in [-0.3, -0.25) is 0 Å². The number of unbranched alkanes of at least 4 members (excludes halogenated alkanes) is 11. The van der Waals surface area contributed by atoms with Gasteiger partial charge in [-0.05, 0) is 6.42 Å². The monoisotopic (exact) mass is 348 g/mol. The largest absolute Gasteiger partial charge is 0.550 e. The molecule has 6 heteroatoms. The maximum absolute atomic E-state index is 11.6. The van der Waals surface area contributed by atoms with Crippen LogP contribution >= 0.6 is 0 Å². The van der Waals surface area contributed by atoms with Gasteiger partial charge in [-0.2, -0.15) is 0 Å². The minimum atomic E-state index is -3.33. The molecule has 5 nitrogen and oxygen atoms in total.